The van der Waals surface area contributed by atoms with Gasteiger partial charge in [-0.25, -0.2) is 13.1 Å². The standard InChI is InChI=1S/C12H17ClN2O3S2/c1-2-15-8-4-3-5-9(15)12(16)14-20(17,18)11-7-6-10(13)19-11/h6-7,9H,2-5,8H2,1H3,(H,14,16)/t9-/m0/s1. The van der Waals surface area contributed by atoms with E-state index in [2.05, 4.69) is 4.72 Å². The molecular formula is C12H17ClN2O3S2. The van der Waals surface area contributed by atoms with Crippen molar-refractivity contribution in [1.82, 2.24) is 9.62 Å². The molecule has 0 aromatic carbocycles. The van der Waals surface area contributed by atoms with Gasteiger partial charge in [0.05, 0.1) is 10.4 Å². The van der Waals surface area contributed by atoms with Crippen LogP contribution in [0.2, 0.25) is 4.34 Å². The van der Waals surface area contributed by atoms with E-state index < -0.39 is 15.9 Å². The quantitative estimate of drug-likeness (QED) is 0.914. The number of rotatable bonds is 4. The zero-order valence-electron chi connectivity index (χ0n) is 11.1. The van der Waals surface area contributed by atoms with Crippen LogP contribution in [-0.2, 0) is 14.8 Å². The molecule has 2 heterocycles. The summed E-state index contributed by atoms with van der Waals surface area (Å²) in [6, 6.07) is 2.55. The number of amides is 1. The van der Waals surface area contributed by atoms with E-state index in [-0.39, 0.29) is 10.3 Å². The normalized spacial score (nSPS) is 20.8. The maximum atomic E-state index is 12.2. The fourth-order valence-corrected chi connectivity index (χ4v) is 4.86. The molecule has 5 nitrogen and oxygen atoms in total. The lowest BCUT2D eigenvalue weighted by Gasteiger charge is -2.33. The Morgan fingerprint density at radius 2 is 2.25 bits per heavy atom. The third-order valence-electron chi connectivity index (χ3n) is 3.37. The van der Waals surface area contributed by atoms with Crippen LogP contribution in [0.15, 0.2) is 16.3 Å². The summed E-state index contributed by atoms with van der Waals surface area (Å²) in [6.45, 7) is 3.54. The first-order valence-corrected chi connectivity index (χ1v) is 9.18. The third-order valence-corrected chi connectivity index (χ3v) is 6.44. The minimum Gasteiger partial charge on any atom is -0.292 e. The molecule has 1 saturated heterocycles. The van der Waals surface area contributed by atoms with Crippen LogP contribution in [0.25, 0.3) is 0 Å². The van der Waals surface area contributed by atoms with Crippen molar-refractivity contribution in [3.63, 3.8) is 0 Å². The lowest BCUT2D eigenvalue weighted by Crippen LogP contribution is -2.50. The molecule has 1 aromatic heterocycles. The van der Waals surface area contributed by atoms with E-state index in [0.717, 1.165) is 37.3 Å². The van der Waals surface area contributed by atoms with Gasteiger partial charge in [0.2, 0.25) is 0 Å². The van der Waals surface area contributed by atoms with Crippen LogP contribution in [0.5, 0.6) is 0 Å². The molecule has 1 aliphatic heterocycles. The Kier molecular flexibility index (Phi) is 5.06. The molecule has 0 unspecified atom stereocenters. The molecule has 1 atom stereocenters. The van der Waals surface area contributed by atoms with E-state index in [0.29, 0.717) is 10.8 Å². The molecule has 20 heavy (non-hydrogen) atoms. The minimum absolute atomic E-state index is 0.0645. The van der Waals surface area contributed by atoms with Crippen LogP contribution in [0.4, 0.5) is 0 Å². The van der Waals surface area contributed by atoms with E-state index in [1.165, 1.54) is 12.1 Å². The number of piperidine rings is 1. The smallest absolute Gasteiger partial charge is 0.273 e. The van der Waals surface area contributed by atoms with Crippen molar-refractivity contribution in [2.75, 3.05) is 13.1 Å². The second-order valence-corrected chi connectivity index (χ2v) is 8.29. The topological polar surface area (TPSA) is 66.5 Å². The zero-order chi connectivity index (χ0) is 14.8. The van der Waals surface area contributed by atoms with Crippen molar-refractivity contribution >= 4 is 38.9 Å². The third kappa shape index (κ3) is 3.52. The summed E-state index contributed by atoms with van der Waals surface area (Å²) >= 11 is 6.67. The van der Waals surface area contributed by atoms with Gasteiger partial charge >= 0.3 is 0 Å². The summed E-state index contributed by atoms with van der Waals surface area (Å²) in [5.41, 5.74) is 0. The van der Waals surface area contributed by atoms with Gasteiger partial charge in [-0.15, -0.1) is 11.3 Å². The van der Waals surface area contributed by atoms with Gasteiger partial charge in [-0.3, -0.25) is 9.69 Å². The van der Waals surface area contributed by atoms with Crippen LogP contribution >= 0.6 is 22.9 Å². The molecule has 8 heteroatoms. The van der Waals surface area contributed by atoms with Gasteiger partial charge in [0.15, 0.2) is 0 Å². The largest absolute Gasteiger partial charge is 0.292 e. The van der Waals surface area contributed by atoms with Crippen molar-refractivity contribution in [2.24, 2.45) is 0 Å². The van der Waals surface area contributed by atoms with E-state index >= 15 is 0 Å². The number of sulfonamides is 1. The Bertz CT molecular complexity index is 585. The molecule has 1 fully saturated rings. The van der Waals surface area contributed by atoms with Gasteiger partial charge in [-0.1, -0.05) is 24.9 Å². The molecule has 0 saturated carbocycles. The highest BCUT2D eigenvalue weighted by molar-refractivity contribution is 7.92. The van der Waals surface area contributed by atoms with E-state index in [1.807, 2.05) is 11.8 Å². The average molecular weight is 337 g/mol. The fourth-order valence-electron chi connectivity index (χ4n) is 2.36. The first-order chi connectivity index (χ1) is 9.44. The molecule has 0 bridgehead atoms. The van der Waals surface area contributed by atoms with Crippen molar-refractivity contribution in [2.45, 2.75) is 36.4 Å². The van der Waals surface area contributed by atoms with Gasteiger partial charge in [-0.2, -0.15) is 0 Å². The number of likely N-dealkylation sites (N-methyl/N-ethyl adjacent to an activating group) is 1. The first-order valence-electron chi connectivity index (χ1n) is 6.50. The molecule has 2 rings (SSSR count). The molecule has 1 amide bonds. The number of halogens is 1. The number of nitrogens with zero attached hydrogens (tertiary/aromatic N) is 1. The molecule has 1 N–H and O–H groups in total. The number of thiophene rings is 1. The highest BCUT2D eigenvalue weighted by Crippen LogP contribution is 2.25. The Labute approximate surface area is 128 Å². The lowest BCUT2D eigenvalue weighted by molar-refractivity contribution is -0.125. The summed E-state index contributed by atoms with van der Waals surface area (Å²) < 4.78 is 26.8. The summed E-state index contributed by atoms with van der Waals surface area (Å²) in [5.74, 6) is -0.448. The van der Waals surface area contributed by atoms with Crippen LogP contribution in [0.1, 0.15) is 26.2 Å². The molecular weight excluding hydrogens is 320 g/mol. The summed E-state index contributed by atoms with van der Waals surface area (Å²) in [6.07, 6.45) is 2.69. The van der Waals surface area contributed by atoms with E-state index in [9.17, 15) is 13.2 Å². The maximum absolute atomic E-state index is 12.2. The number of hydrogen-bond acceptors (Lipinski definition) is 5. The minimum atomic E-state index is -3.81. The summed E-state index contributed by atoms with van der Waals surface area (Å²) in [5, 5.41) is 0. The van der Waals surface area contributed by atoms with Crippen molar-refractivity contribution < 1.29 is 13.2 Å². The average Bonchev–Trinajstić information content (AvgIpc) is 2.85. The van der Waals surface area contributed by atoms with Gasteiger partial charge in [0.1, 0.15) is 4.21 Å². The second-order valence-electron chi connectivity index (χ2n) is 4.67. The van der Waals surface area contributed by atoms with Crippen LogP contribution in [0, 0.1) is 0 Å². The van der Waals surface area contributed by atoms with Crippen molar-refractivity contribution in [3.8, 4) is 0 Å². The first kappa shape index (κ1) is 15.8. The monoisotopic (exact) mass is 336 g/mol. The van der Waals surface area contributed by atoms with Crippen LogP contribution in [-0.4, -0.2) is 38.4 Å². The zero-order valence-corrected chi connectivity index (χ0v) is 13.5. The van der Waals surface area contributed by atoms with Gasteiger partial charge in [-0.05, 0) is 38.1 Å². The SMILES string of the molecule is CCN1CCCC[C@H]1C(=O)NS(=O)(=O)c1ccc(Cl)s1. The summed E-state index contributed by atoms with van der Waals surface area (Å²) in [4.78, 5) is 14.2. The number of hydrogen-bond donors (Lipinski definition) is 1. The maximum Gasteiger partial charge on any atom is 0.273 e. The van der Waals surface area contributed by atoms with E-state index in [4.69, 9.17) is 11.6 Å². The Balaban J connectivity index is 2.10. The van der Waals surface area contributed by atoms with Crippen molar-refractivity contribution in [3.05, 3.63) is 16.5 Å². The number of carbonyl (C=O) groups excluding carboxylic acids is 1. The summed E-state index contributed by atoms with van der Waals surface area (Å²) in [7, 11) is -3.81. The second kappa shape index (κ2) is 6.43. The Morgan fingerprint density at radius 3 is 2.85 bits per heavy atom. The molecule has 0 spiro atoms. The number of carbonyl (C=O) groups is 1. The van der Waals surface area contributed by atoms with Gasteiger partial charge in [0, 0.05) is 0 Å². The number of likely N-dealkylation sites (tertiary alicyclic amines) is 1. The highest BCUT2D eigenvalue weighted by atomic mass is 35.5. The number of nitrogens with one attached hydrogen (secondary N) is 1. The molecule has 112 valence electrons. The fraction of sp³-hybridized carbons (Fsp3) is 0.583. The molecule has 0 radical (unpaired) electrons. The Hall–Kier alpha value is -0.630. The molecule has 0 aliphatic carbocycles. The molecule has 1 aliphatic rings. The van der Waals surface area contributed by atoms with Crippen molar-refractivity contribution in [1.29, 1.82) is 0 Å². The lowest BCUT2D eigenvalue weighted by atomic mass is 10.0. The van der Waals surface area contributed by atoms with Crippen LogP contribution < -0.4 is 4.72 Å². The van der Waals surface area contributed by atoms with Gasteiger partial charge in [0.25, 0.3) is 15.9 Å². The molecule has 1 aromatic rings. The van der Waals surface area contributed by atoms with E-state index in [1.54, 1.807) is 0 Å². The predicted octanol–water partition coefficient (Wildman–Crippen LogP) is 2.08. The highest BCUT2D eigenvalue weighted by Gasteiger charge is 2.31. The van der Waals surface area contributed by atoms with Gasteiger partial charge < -0.3 is 0 Å². The predicted molar refractivity (Wildman–Crippen MR) is 79.5 cm³/mol. The van der Waals surface area contributed by atoms with Crippen LogP contribution in [0.3, 0.4) is 0 Å². The Morgan fingerprint density at radius 1 is 1.50 bits per heavy atom.